The summed E-state index contributed by atoms with van der Waals surface area (Å²) in [6.45, 7) is 0. The van der Waals surface area contributed by atoms with Crippen LogP contribution in [0, 0.1) is 15.9 Å². The van der Waals surface area contributed by atoms with Crippen molar-refractivity contribution in [3.05, 3.63) is 52.3 Å². The average Bonchev–Trinajstić information content (AvgIpc) is 2.96. The molecule has 1 aromatic heterocycles. The van der Waals surface area contributed by atoms with Crippen LogP contribution in [-0.4, -0.2) is 21.6 Å². The number of hydrogen-bond acceptors (Lipinski definition) is 7. The number of hydrogen-bond donors (Lipinski definition) is 2. The number of rotatable bonds is 5. The van der Waals surface area contributed by atoms with E-state index in [0.29, 0.717) is 10.0 Å². The van der Waals surface area contributed by atoms with E-state index in [1.165, 1.54) is 29.2 Å². The topological polar surface area (TPSA) is 111 Å². The molecule has 10 heteroatoms. The number of nitro benzene ring substituents is 1. The summed E-state index contributed by atoms with van der Waals surface area (Å²) in [6, 6.07) is 8.57. The predicted octanol–water partition coefficient (Wildman–Crippen LogP) is 3.66. The van der Waals surface area contributed by atoms with Crippen molar-refractivity contribution in [3.8, 4) is 0 Å². The largest absolute Gasteiger partial charge is 0.399 e. The predicted molar refractivity (Wildman–Crippen MR) is 96.4 cm³/mol. The number of carbonyl (C=O) groups is 1. The zero-order chi connectivity index (χ0) is 18.0. The fourth-order valence-electron chi connectivity index (χ4n) is 2.04. The summed E-state index contributed by atoms with van der Waals surface area (Å²) in [5, 5.41) is 13.2. The molecule has 0 atom stereocenters. The monoisotopic (exact) mass is 378 g/mol. The molecule has 3 N–H and O–H groups in total. The highest BCUT2D eigenvalue weighted by atomic mass is 32.2. The van der Waals surface area contributed by atoms with E-state index in [0.717, 1.165) is 22.3 Å². The van der Waals surface area contributed by atoms with Crippen LogP contribution in [0.4, 0.5) is 21.5 Å². The molecular weight excluding hydrogens is 367 g/mol. The Morgan fingerprint density at radius 2 is 2.16 bits per heavy atom. The van der Waals surface area contributed by atoms with Gasteiger partial charge in [0.15, 0.2) is 4.34 Å². The highest BCUT2D eigenvalue weighted by molar-refractivity contribution is 8.01. The number of thiazole rings is 1. The van der Waals surface area contributed by atoms with Crippen LogP contribution in [0.5, 0.6) is 0 Å². The second-order valence-electron chi connectivity index (χ2n) is 4.97. The standard InChI is InChI=1S/C15H11FN4O3S2/c16-10-3-2-9(6-12(10)20(22)23)18-14(21)7-24-15-19-11-4-1-8(17)5-13(11)25-15/h1-6H,7,17H2,(H,18,21). The van der Waals surface area contributed by atoms with Crippen LogP contribution in [0.2, 0.25) is 0 Å². The fourth-order valence-corrected chi connectivity index (χ4v) is 3.95. The number of anilines is 2. The normalized spacial score (nSPS) is 10.8. The smallest absolute Gasteiger partial charge is 0.306 e. The van der Waals surface area contributed by atoms with Gasteiger partial charge in [-0.1, -0.05) is 11.8 Å². The van der Waals surface area contributed by atoms with Crippen molar-refractivity contribution < 1.29 is 14.1 Å². The van der Waals surface area contributed by atoms with Gasteiger partial charge in [-0.2, -0.15) is 4.39 Å². The Kier molecular flexibility index (Phi) is 4.81. The lowest BCUT2D eigenvalue weighted by atomic mass is 10.2. The van der Waals surface area contributed by atoms with Crippen LogP contribution in [0.3, 0.4) is 0 Å². The molecule has 3 rings (SSSR count). The molecule has 0 spiro atoms. The van der Waals surface area contributed by atoms with Gasteiger partial charge in [0.2, 0.25) is 11.7 Å². The zero-order valence-electron chi connectivity index (χ0n) is 12.6. The molecule has 0 saturated carbocycles. The molecule has 0 aliphatic rings. The Labute approximate surface area is 149 Å². The first kappa shape index (κ1) is 17.1. The number of amides is 1. The molecule has 2 aromatic carbocycles. The average molecular weight is 378 g/mol. The van der Waals surface area contributed by atoms with Crippen molar-refractivity contribution in [2.45, 2.75) is 4.34 Å². The van der Waals surface area contributed by atoms with Gasteiger partial charge in [-0.25, -0.2) is 4.98 Å². The summed E-state index contributed by atoms with van der Waals surface area (Å²) in [4.78, 5) is 26.2. The maximum absolute atomic E-state index is 13.3. The summed E-state index contributed by atoms with van der Waals surface area (Å²) in [5.41, 5.74) is 6.64. The van der Waals surface area contributed by atoms with Crippen molar-refractivity contribution in [3.63, 3.8) is 0 Å². The third kappa shape index (κ3) is 4.03. The Balaban J connectivity index is 1.64. The molecule has 0 radical (unpaired) electrons. The molecule has 0 saturated heterocycles. The highest BCUT2D eigenvalue weighted by Crippen LogP contribution is 2.30. The van der Waals surface area contributed by atoms with Crippen LogP contribution in [0.1, 0.15) is 0 Å². The van der Waals surface area contributed by atoms with Crippen LogP contribution in [0.15, 0.2) is 40.7 Å². The SMILES string of the molecule is Nc1ccc2nc(SCC(=O)Nc3ccc(F)c([N+](=O)[O-])c3)sc2c1. The van der Waals surface area contributed by atoms with E-state index in [1.807, 2.05) is 12.1 Å². The molecule has 3 aromatic rings. The van der Waals surface area contributed by atoms with E-state index in [4.69, 9.17) is 5.73 Å². The number of nitrogens with zero attached hydrogens (tertiary/aromatic N) is 2. The first-order valence-electron chi connectivity index (χ1n) is 6.95. The molecule has 0 aliphatic carbocycles. The van der Waals surface area contributed by atoms with Crippen LogP contribution in [-0.2, 0) is 4.79 Å². The van der Waals surface area contributed by atoms with Gasteiger partial charge in [0.05, 0.1) is 20.9 Å². The number of carbonyl (C=O) groups excluding carboxylic acids is 1. The van der Waals surface area contributed by atoms with Gasteiger partial charge < -0.3 is 11.1 Å². The molecular formula is C15H11FN4O3S2. The van der Waals surface area contributed by atoms with Gasteiger partial charge in [-0.15, -0.1) is 11.3 Å². The summed E-state index contributed by atoms with van der Waals surface area (Å²) in [7, 11) is 0. The summed E-state index contributed by atoms with van der Waals surface area (Å²) >= 11 is 2.66. The van der Waals surface area contributed by atoms with E-state index in [9.17, 15) is 19.3 Å². The molecule has 7 nitrogen and oxygen atoms in total. The van der Waals surface area contributed by atoms with E-state index < -0.39 is 16.4 Å². The number of nitrogens with two attached hydrogens (primary N) is 1. The molecule has 25 heavy (non-hydrogen) atoms. The van der Waals surface area contributed by atoms with E-state index in [1.54, 1.807) is 6.07 Å². The van der Waals surface area contributed by atoms with Crippen molar-refractivity contribution >= 4 is 56.3 Å². The Hall–Kier alpha value is -2.72. The Morgan fingerprint density at radius 3 is 2.92 bits per heavy atom. The number of nitrogen functional groups attached to an aromatic ring is 1. The lowest BCUT2D eigenvalue weighted by Gasteiger charge is -2.04. The first-order chi connectivity index (χ1) is 11.9. The van der Waals surface area contributed by atoms with Gasteiger partial charge >= 0.3 is 5.69 Å². The minimum Gasteiger partial charge on any atom is -0.399 e. The van der Waals surface area contributed by atoms with Gasteiger partial charge in [-0.05, 0) is 30.3 Å². The number of thioether (sulfide) groups is 1. The molecule has 1 amide bonds. The number of nitrogens with one attached hydrogen (secondary N) is 1. The lowest BCUT2D eigenvalue weighted by Crippen LogP contribution is -2.14. The number of fused-ring (bicyclic) bond motifs is 1. The number of benzene rings is 2. The quantitative estimate of drug-likeness (QED) is 0.303. The zero-order valence-corrected chi connectivity index (χ0v) is 14.2. The number of aromatic nitrogens is 1. The van der Waals surface area contributed by atoms with Gasteiger partial charge in [0.1, 0.15) is 0 Å². The molecule has 0 bridgehead atoms. The van der Waals surface area contributed by atoms with Crippen LogP contribution in [0.25, 0.3) is 10.2 Å². The molecule has 0 unspecified atom stereocenters. The third-order valence-electron chi connectivity index (χ3n) is 3.15. The molecule has 0 aliphatic heterocycles. The Morgan fingerprint density at radius 1 is 1.36 bits per heavy atom. The van der Waals surface area contributed by atoms with Gasteiger partial charge in [-0.3, -0.25) is 14.9 Å². The maximum atomic E-state index is 13.3. The van der Waals surface area contributed by atoms with Crippen LogP contribution < -0.4 is 11.1 Å². The number of nitro groups is 1. The first-order valence-corrected chi connectivity index (χ1v) is 8.75. The van der Waals surface area contributed by atoms with Crippen molar-refractivity contribution in [1.29, 1.82) is 0 Å². The molecule has 0 fully saturated rings. The summed E-state index contributed by atoms with van der Waals surface area (Å²) < 4.78 is 14.9. The van der Waals surface area contributed by atoms with Crippen molar-refractivity contribution in [2.24, 2.45) is 0 Å². The number of halogens is 1. The summed E-state index contributed by atoms with van der Waals surface area (Å²) in [5.74, 6) is -1.25. The fraction of sp³-hybridized carbons (Fsp3) is 0.0667. The third-order valence-corrected chi connectivity index (χ3v) is 5.31. The summed E-state index contributed by atoms with van der Waals surface area (Å²) in [6.07, 6.45) is 0. The van der Waals surface area contributed by atoms with Crippen molar-refractivity contribution in [2.75, 3.05) is 16.8 Å². The molecule has 128 valence electrons. The van der Waals surface area contributed by atoms with E-state index >= 15 is 0 Å². The maximum Gasteiger partial charge on any atom is 0.306 e. The Bertz CT molecular complexity index is 977. The van der Waals surface area contributed by atoms with Crippen LogP contribution >= 0.6 is 23.1 Å². The van der Waals surface area contributed by atoms with E-state index in [-0.39, 0.29) is 17.3 Å². The van der Waals surface area contributed by atoms with Gasteiger partial charge in [0, 0.05) is 17.4 Å². The minimum absolute atomic E-state index is 0.0699. The highest BCUT2D eigenvalue weighted by Gasteiger charge is 2.15. The molecule has 1 heterocycles. The van der Waals surface area contributed by atoms with Crippen molar-refractivity contribution in [1.82, 2.24) is 4.98 Å². The lowest BCUT2D eigenvalue weighted by molar-refractivity contribution is -0.387. The second kappa shape index (κ2) is 7.03. The minimum atomic E-state index is -0.953. The second-order valence-corrected chi connectivity index (χ2v) is 7.22. The van der Waals surface area contributed by atoms with Gasteiger partial charge in [0.25, 0.3) is 0 Å². The van der Waals surface area contributed by atoms with E-state index in [2.05, 4.69) is 10.3 Å².